The number of rotatable bonds is 7. The molecule has 112 valence electrons. The molecule has 2 rings (SSSR count). The maximum Gasteiger partial charge on any atom is 0.0599 e. The van der Waals surface area contributed by atoms with Gasteiger partial charge < -0.3 is 5.32 Å². The second-order valence-corrected chi connectivity index (χ2v) is 7.04. The van der Waals surface area contributed by atoms with Crippen LogP contribution in [-0.2, 0) is 13.1 Å². The van der Waals surface area contributed by atoms with E-state index in [2.05, 4.69) is 61.3 Å². The summed E-state index contributed by atoms with van der Waals surface area (Å²) < 4.78 is 1.36. The van der Waals surface area contributed by atoms with Crippen LogP contribution in [0.5, 0.6) is 0 Å². The van der Waals surface area contributed by atoms with E-state index in [0.717, 1.165) is 19.6 Å². The fraction of sp³-hybridized carbons (Fsp3) is 0.444. The minimum absolute atomic E-state index is 0.673. The molecule has 0 atom stereocenters. The second kappa shape index (κ2) is 7.61. The maximum absolute atomic E-state index is 5.42. The lowest BCUT2D eigenvalue weighted by molar-refractivity contribution is 0.369. The number of thiophene rings is 1. The molecule has 0 unspecified atom stereocenters. The molecule has 0 amide bonds. The molecule has 0 aliphatic heterocycles. The molecule has 2 nitrogen and oxygen atoms in total. The summed E-state index contributed by atoms with van der Waals surface area (Å²) in [5.74, 6) is 3.39. The van der Waals surface area contributed by atoms with Gasteiger partial charge in [0.1, 0.15) is 0 Å². The molecule has 1 aromatic carbocycles. The molecular weight excluding hydrogens is 276 g/mol. The Balaban J connectivity index is 2.23. The van der Waals surface area contributed by atoms with E-state index in [1.807, 2.05) is 11.3 Å². The lowest BCUT2D eigenvalue weighted by atomic mass is 10.1. The van der Waals surface area contributed by atoms with E-state index in [0.29, 0.717) is 12.5 Å². The van der Waals surface area contributed by atoms with Crippen LogP contribution in [-0.4, -0.2) is 25.0 Å². The third kappa shape index (κ3) is 4.31. The van der Waals surface area contributed by atoms with Gasteiger partial charge in [-0.1, -0.05) is 38.0 Å². The van der Waals surface area contributed by atoms with Gasteiger partial charge >= 0.3 is 0 Å². The van der Waals surface area contributed by atoms with Crippen molar-refractivity contribution in [3.63, 3.8) is 0 Å². The zero-order valence-corrected chi connectivity index (χ0v) is 14.0. The Labute approximate surface area is 132 Å². The van der Waals surface area contributed by atoms with Crippen LogP contribution in [0.2, 0.25) is 0 Å². The molecule has 0 aliphatic carbocycles. The first-order valence-electron chi connectivity index (χ1n) is 7.43. The van der Waals surface area contributed by atoms with Crippen molar-refractivity contribution in [2.24, 2.45) is 5.92 Å². The molecular formula is C18H24N2S. The standard InChI is InChI=1S/C18H24N2S/c1-5-10-20(4)13-16-15-8-6-7-9-17(15)21-18(16)12-19-11-14(2)3/h1,6-9,14,19H,10-13H2,2-4H3. The van der Waals surface area contributed by atoms with Crippen molar-refractivity contribution in [3.8, 4) is 12.3 Å². The molecule has 0 radical (unpaired) electrons. The van der Waals surface area contributed by atoms with Gasteiger partial charge in [-0.15, -0.1) is 17.8 Å². The Kier molecular flexibility index (Phi) is 5.81. The van der Waals surface area contributed by atoms with Crippen LogP contribution in [0.15, 0.2) is 24.3 Å². The normalized spacial score (nSPS) is 11.4. The molecule has 1 N–H and O–H groups in total. The van der Waals surface area contributed by atoms with E-state index in [1.54, 1.807) is 0 Å². The third-order valence-corrected chi connectivity index (χ3v) is 4.62. The summed E-state index contributed by atoms with van der Waals surface area (Å²) in [6.45, 7) is 8.06. The Hall–Kier alpha value is -1.34. The van der Waals surface area contributed by atoms with Gasteiger partial charge in [0.2, 0.25) is 0 Å². The number of fused-ring (bicyclic) bond motifs is 1. The van der Waals surface area contributed by atoms with Crippen LogP contribution in [0, 0.1) is 18.3 Å². The van der Waals surface area contributed by atoms with Crippen molar-refractivity contribution in [3.05, 3.63) is 34.7 Å². The first kappa shape index (κ1) is 16.0. The smallest absolute Gasteiger partial charge is 0.0599 e. The Morgan fingerprint density at radius 3 is 2.81 bits per heavy atom. The largest absolute Gasteiger partial charge is 0.312 e. The number of hydrogen-bond donors (Lipinski definition) is 1. The number of hydrogen-bond acceptors (Lipinski definition) is 3. The van der Waals surface area contributed by atoms with Gasteiger partial charge in [0, 0.05) is 22.7 Å². The molecule has 0 fully saturated rings. The monoisotopic (exact) mass is 300 g/mol. The molecule has 1 heterocycles. The van der Waals surface area contributed by atoms with Gasteiger partial charge in [-0.2, -0.15) is 0 Å². The average Bonchev–Trinajstić information content (AvgIpc) is 2.77. The lowest BCUT2D eigenvalue weighted by Gasteiger charge is -2.15. The van der Waals surface area contributed by atoms with Crippen molar-refractivity contribution in [2.75, 3.05) is 20.1 Å². The zero-order valence-electron chi connectivity index (χ0n) is 13.1. The van der Waals surface area contributed by atoms with Gasteiger partial charge in [0.25, 0.3) is 0 Å². The van der Waals surface area contributed by atoms with E-state index in [1.165, 1.54) is 20.5 Å². The quantitative estimate of drug-likeness (QED) is 0.784. The molecule has 0 bridgehead atoms. The highest BCUT2D eigenvalue weighted by Gasteiger charge is 2.13. The maximum atomic E-state index is 5.42. The molecule has 1 aromatic heterocycles. The van der Waals surface area contributed by atoms with Gasteiger partial charge in [-0.3, -0.25) is 4.90 Å². The van der Waals surface area contributed by atoms with E-state index < -0.39 is 0 Å². The van der Waals surface area contributed by atoms with Crippen LogP contribution >= 0.6 is 11.3 Å². The first-order chi connectivity index (χ1) is 10.1. The van der Waals surface area contributed by atoms with Crippen LogP contribution in [0.4, 0.5) is 0 Å². The summed E-state index contributed by atoms with van der Waals surface area (Å²) in [5.41, 5.74) is 1.42. The van der Waals surface area contributed by atoms with Crippen molar-refractivity contribution in [1.29, 1.82) is 0 Å². The first-order valence-corrected chi connectivity index (χ1v) is 8.25. The fourth-order valence-corrected chi connectivity index (χ4v) is 3.61. The van der Waals surface area contributed by atoms with E-state index >= 15 is 0 Å². The topological polar surface area (TPSA) is 15.3 Å². The van der Waals surface area contributed by atoms with Crippen molar-refractivity contribution >= 4 is 21.4 Å². The Bertz CT molecular complexity index is 622. The highest BCUT2D eigenvalue weighted by molar-refractivity contribution is 7.19. The second-order valence-electron chi connectivity index (χ2n) is 5.90. The van der Waals surface area contributed by atoms with Crippen LogP contribution in [0.25, 0.3) is 10.1 Å². The van der Waals surface area contributed by atoms with E-state index in [4.69, 9.17) is 6.42 Å². The van der Waals surface area contributed by atoms with Crippen LogP contribution < -0.4 is 5.32 Å². The van der Waals surface area contributed by atoms with Gasteiger partial charge in [0.05, 0.1) is 6.54 Å². The molecule has 2 aromatic rings. The summed E-state index contributed by atoms with van der Waals surface area (Å²) in [5, 5.41) is 4.93. The fourth-order valence-electron chi connectivity index (χ4n) is 2.42. The minimum Gasteiger partial charge on any atom is -0.312 e. The summed E-state index contributed by atoms with van der Waals surface area (Å²) in [6, 6.07) is 8.65. The summed E-state index contributed by atoms with van der Waals surface area (Å²) in [4.78, 5) is 3.63. The third-order valence-electron chi connectivity index (χ3n) is 3.41. The zero-order chi connectivity index (χ0) is 15.2. The van der Waals surface area contributed by atoms with Crippen molar-refractivity contribution in [1.82, 2.24) is 10.2 Å². The summed E-state index contributed by atoms with van der Waals surface area (Å²) in [7, 11) is 2.08. The Morgan fingerprint density at radius 2 is 2.10 bits per heavy atom. The molecule has 3 heteroatoms. The average molecular weight is 300 g/mol. The molecule has 0 aliphatic rings. The van der Waals surface area contributed by atoms with Crippen LogP contribution in [0.1, 0.15) is 24.3 Å². The lowest BCUT2D eigenvalue weighted by Crippen LogP contribution is -2.21. The molecule has 0 spiro atoms. The van der Waals surface area contributed by atoms with E-state index in [9.17, 15) is 0 Å². The van der Waals surface area contributed by atoms with Crippen molar-refractivity contribution < 1.29 is 0 Å². The predicted octanol–water partition coefficient (Wildman–Crippen LogP) is 3.71. The van der Waals surface area contributed by atoms with Gasteiger partial charge in [-0.25, -0.2) is 0 Å². The molecule has 0 saturated carbocycles. The number of benzene rings is 1. The predicted molar refractivity (Wildman–Crippen MR) is 93.5 cm³/mol. The van der Waals surface area contributed by atoms with Gasteiger partial charge in [0.15, 0.2) is 0 Å². The van der Waals surface area contributed by atoms with Crippen molar-refractivity contribution in [2.45, 2.75) is 26.9 Å². The van der Waals surface area contributed by atoms with Gasteiger partial charge in [-0.05, 0) is 36.5 Å². The SMILES string of the molecule is C#CCN(C)Cc1c(CNCC(C)C)sc2ccccc12. The Morgan fingerprint density at radius 1 is 1.33 bits per heavy atom. The van der Waals surface area contributed by atoms with E-state index in [-0.39, 0.29) is 0 Å². The number of nitrogens with one attached hydrogen (secondary N) is 1. The summed E-state index contributed by atoms with van der Waals surface area (Å²) >= 11 is 1.89. The highest BCUT2D eigenvalue weighted by atomic mass is 32.1. The summed E-state index contributed by atoms with van der Waals surface area (Å²) in [6.07, 6.45) is 5.42. The molecule has 21 heavy (non-hydrogen) atoms. The molecule has 0 saturated heterocycles. The number of terminal acetylenes is 1. The highest BCUT2D eigenvalue weighted by Crippen LogP contribution is 2.32. The minimum atomic E-state index is 0.673. The van der Waals surface area contributed by atoms with Crippen LogP contribution in [0.3, 0.4) is 0 Å². The number of nitrogens with zero attached hydrogens (tertiary/aromatic N) is 1.